The van der Waals surface area contributed by atoms with Gasteiger partial charge in [-0.15, -0.1) is 0 Å². The van der Waals surface area contributed by atoms with Crippen LogP contribution in [0.2, 0.25) is 0 Å². The van der Waals surface area contributed by atoms with Crippen LogP contribution in [0.25, 0.3) is 0 Å². The average Bonchev–Trinajstić information content (AvgIpc) is 2.60. The highest BCUT2D eigenvalue weighted by atomic mass is 16.5. The van der Waals surface area contributed by atoms with E-state index in [1.54, 1.807) is 6.20 Å². The van der Waals surface area contributed by atoms with Crippen LogP contribution in [0.4, 0.5) is 0 Å². The van der Waals surface area contributed by atoms with E-state index in [1.807, 2.05) is 12.3 Å². The minimum atomic E-state index is 0.377. The fourth-order valence-electron chi connectivity index (χ4n) is 2.92. The largest absolute Gasteiger partial charge is 0.477 e. The van der Waals surface area contributed by atoms with Gasteiger partial charge >= 0.3 is 0 Å². The molecule has 128 valence electrons. The quantitative estimate of drug-likeness (QED) is 0.815. The molecule has 2 aromatic rings. The molecule has 5 heteroatoms. The maximum absolute atomic E-state index is 5.78. The van der Waals surface area contributed by atoms with Crippen LogP contribution in [0, 0.1) is 0 Å². The van der Waals surface area contributed by atoms with Crippen LogP contribution in [-0.4, -0.2) is 33.0 Å². The number of pyridine rings is 1. The van der Waals surface area contributed by atoms with Crippen molar-refractivity contribution < 1.29 is 4.74 Å². The second-order valence-corrected chi connectivity index (χ2v) is 6.63. The Bertz CT molecular complexity index is 687. The van der Waals surface area contributed by atoms with E-state index >= 15 is 0 Å². The van der Waals surface area contributed by atoms with E-state index in [1.165, 1.54) is 11.3 Å². The zero-order valence-electron chi connectivity index (χ0n) is 14.8. The van der Waals surface area contributed by atoms with Crippen molar-refractivity contribution >= 4 is 0 Å². The van der Waals surface area contributed by atoms with Gasteiger partial charge in [0.25, 0.3) is 0 Å². The highest BCUT2D eigenvalue weighted by Crippen LogP contribution is 2.23. The van der Waals surface area contributed by atoms with E-state index in [0.717, 1.165) is 49.7 Å². The fourth-order valence-corrected chi connectivity index (χ4v) is 2.92. The molecule has 3 rings (SSSR count). The third kappa shape index (κ3) is 3.90. The topological polar surface area (TPSA) is 51.1 Å². The molecule has 0 saturated heterocycles. The van der Waals surface area contributed by atoms with Gasteiger partial charge in [-0.2, -0.15) is 0 Å². The molecule has 3 heterocycles. The molecule has 0 aromatic carbocycles. The lowest BCUT2D eigenvalue weighted by Crippen LogP contribution is -2.31. The highest BCUT2D eigenvalue weighted by molar-refractivity contribution is 5.27. The van der Waals surface area contributed by atoms with Crippen molar-refractivity contribution in [1.29, 1.82) is 0 Å². The van der Waals surface area contributed by atoms with Crippen LogP contribution in [0.3, 0.4) is 0 Å². The first-order valence-corrected chi connectivity index (χ1v) is 8.81. The third-order valence-electron chi connectivity index (χ3n) is 4.23. The zero-order chi connectivity index (χ0) is 16.9. The lowest BCUT2D eigenvalue weighted by Gasteiger charge is -2.28. The van der Waals surface area contributed by atoms with E-state index < -0.39 is 0 Å². The van der Waals surface area contributed by atoms with Crippen molar-refractivity contribution in [1.82, 2.24) is 19.9 Å². The SMILES string of the molecule is CCCOc1ncccc1CN1CCc2nc(C(C)C)ncc2C1. The van der Waals surface area contributed by atoms with Crippen LogP contribution in [0.1, 0.15) is 55.8 Å². The van der Waals surface area contributed by atoms with E-state index in [4.69, 9.17) is 9.72 Å². The Labute approximate surface area is 144 Å². The lowest BCUT2D eigenvalue weighted by molar-refractivity contribution is 0.233. The Kier molecular flexibility index (Phi) is 5.41. The molecule has 24 heavy (non-hydrogen) atoms. The Morgan fingerprint density at radius 1 is 1.29 bits per heavy atom. The van der Waals surface area contributed by atoms with Gasteiger partial charge in [0.2, 0.25) is 5.88 Å². The maximum Gasteiger partial charge on any atom is 0.217 e. The number of hydrogen-bond acceptors (Lipinski definition) is 5. The van der Waals surface area contributed by atoms with Gasteiger partial charge in [-0.05, 0) is 12.5 Å². The molecule has 1 aliphatic rings. The van der Waals surface area contributed by atoms with Crippen molar-refractivity contribution in [3.63, 3.8) is 0 Å². The Morgan fingerprint density at radius 2 is 2.17 bits per heavy atom. The normalized spacial score (nSPS) is 14.7. The van der Waals surface area contributed by atoms with Gasteiger partial charge in [0.15, 0.2) is 0 Å². The molecule has 0 radical (unpaired) electrons. The van der Waals surface area contributed by atoms with Crippen LogP contribution < -0.4 is 4.74 Å². The Hall–Kier alpha value is -2.01. The minimum Gasteiger partial charge on any atom is -0.477 e. The number of nitrogens with zero attached hydrogens (tertiary/aromatic N) is 4. The summed E-state index contributed by atoms with van der Waals surface area (Å²) >= 11 is 0. The van der Waals surface area contributed by atoms with Crippen LogP contribution in [0.5, 0.6) is 5.88 Å². The fraction of sp³-hybridized carbons (Fsp3) is 0.526. The van der Waals surface area contributed by atoms with Gasteiger partial charge in [0.1, 0.15) is 5.82 Å². The van der Waals surface area contributed by atoms with E-state index in [2.05, 4.69) is 41.7 Å². The third-order valence-corrected chi connectivity index (χ3v) is 4.23. The molecule has 0 N–H and O–H groups in total. The first-order chi connectivity index (χ1) is 11.7. The lowest BCUT2D eigenvalue weighted by atomic mass is 10.1. The summed E-state index contributed by atoms with van der Waals surface area (Å²) in [6.45, 7) is 9.82. The van der Waals surface area contributed by atoms with Crippen molar-refractivity contribution in [2.45, 2.75) is 52.6 Å². The summed E-state index contributed by atoms with van der Waals surface area (Å²) in [4.78, 5) is 16.1. The number of hydrogen-bond donors (Lipinski definition) is 0. The van der Waals surface area contributed by atoms with Gasteiger partial charge in [-0.1, -0.05) is 26.8 Å². The van der Waals surface area contributed by atoms with Gasteiger partial charge in [-0.25, -0.2) is 15.0 Å². The van der Waals surface area contributed by atoms with E-state index in [-0.39, 0.29) is 0 Å². The molecule has 0 bridgehead atoms. The second-order valence-electron chi connectivity index (χ2n) is 6.63. The van der Waals surface area contributed by atoms with Gasteiger partial charge in [0, 0.05) is 61.2 Å². The summed E-state index contributed by atoms with van der Waals surface area (Å²) in [5.41, 5.74) is 3.60. The van der Waals surface area contributed by atoms with Gasteiger partial charge in [0.05, 0.1) is 6.61 Å². The maximum atomic E-state index is 5.78. The Balaban J connectivity index is 1.70. The molecular weight excluding hydrogens is 300 g/mol. The number of fused-ring (bicyclic) bond motifs is 1. The zero-order valence-corrected chi connectivity index (χ0v) is 14.8. The predicted molar refractivity (Wildman–Crippen MR) is 94.0 cm³/mol. The molecule has 0 aliphatic carbocycles. The molecule has 2 aromatic heterocycles. The van der Waals surface area contributed by atoms with Crippen molar-refractivity contribution in [3.05, 3.63) is 47.2 Å². The summed E-state index contributed by atoms with van der Waals surface area (Å²) < 4.78 is 5.78. The molecule has 0 fully saturated rings. The van der Waals surface area contributed by atoms with Crippen LogP contribution in [0.15, 0.2) is 24.5 Å². The summed E-state index contributed by atoms with van der Waals surface area (Å²) in [5.74, 6) is 2.09. The van der Waals surface area contributed by atoms with Crippen molar-refractivity contribution in [2.75, 3.05) is 13.2 Å². The standard InChI is InChI=1S/C19H26N4O/c1-4-10-24-19-15(6-5-8-20-19)12-23-9-7-17-16(13-23)11-21-18(22-17)14(2)3/h5-6,8,11,14H,4,7,9-10,12-13H2,1-3H3. The van der Waals surface area contributed by atoms with Crippen LogP contribution in [-0.2, 0) is 19.5 Å². The minimum absolute atomic E-state index is 0.377. The first-order valence-electron chi connectivity index (χ1n) is 8.81. The van der Waals surface area contributed by atoms with Crippen LogP contribution >= 0.6 is 0 Å². The van der Waals surface area contributed by atoms with E-state index in [0.29, 0.717) is 12.5 Å². The smallest absolute Gasteiger partial charge is 0.217 e. The molecule has 0 spiro atoms. The summed E-state index contributed by atoms with van der Waals surface area (Å²) in [5, 5.41) is 0. The molecular formula is C19H26N4O. The highest BCUT2D eigenvalue weighted by Gasteiger charge is 2.20. The summed E-state index contributed by atoms with van der Waals surface area (Å²) in [6.07, 6.45) is 5.76. The second kappa shape index (κ2) is 7.71. The number of rotatable bonds is 6. The number of ether oxygens (including phenoxy) is 1. The molecule has 0 saturated carbocycles. The van der Waals surface area contributed by atoms with Gasteiger partial charge < -0.3 is 4.74 Å². The molecule has 0 atom stereocenters. The monoisotopic (exact) mass is 326 g/mol. The molecule has 1 aliphatic heterocycles. The first kappa shape index (κ1) is 16.8. The number of aromatic nitrogens is 3. The summed E-state index contributed by atoms with van der Waals surface area (Å²) in [7, 11) is 0. The predicted octanol–water partition coefficient (Wildman–Crippen LogP) is 3.34. The Morgan fingerprint density at radius 3 is 2.96 bits per heavy atom. The molecule has 0 unspecified atom stereocenters. The van der Waals surface area contributed by atoms with Crippen molar-refractivity contribution in [2.24, 2.45) is 0 Å². The van der Waals surface area contributed by atoms with Gasteiger partial charge in [-0.3, -0.25) is 4.90 Å². The molecule has 5 nitrogen and oxygen atoms in total. The summed E-state index contributed by atoms with van der Waals surface area (Å²) in [6, 6.07) is 4.08. The van der Waals surface area contributed by atoms with E-state index in [9.17, 15) is 0 Å². The van der Waals surface area contributed by atoms with Crippen molar-refractivity contribution in [3.8, 4) is 5.88 Å². The average molecular weight is 326 g/mol. The molecule has 0 amide bonds.